The molecular weight excluding hydrogens is 515 g/mol. The molecule has 200 valence electrons. The van der Waals surface area contributed by atoms with Crippen LogP contribution in [0.5, 0.6) is 0 Å². The van der Waals surface area contributed by atoms with Gasteiger partial charge in [-0.3, -0.25) is 14.7 Å². The summed E-state index contributed by atoms with van der Waals surface area (Å²) >= 11 is 1.94. The number of thioether (sulfide) groups is 1. The second kappa shape index (κ2) is 10.3. The number of carbonyl (C=O) groups is 1. The van der Waals surface area contributed by atoms with Gasteiger partial charge in [-0.25, -0.2) is 4.98 Å². The minimum absolute atomic E-state index is 0.142. The first kappa shape index (κ1) is 25.4. The third kappa shape index (κ3) is 5.19. The van der Waals surface area contributed by atoms with Gasteiger partial charge < -0.3 is 15.0 Å². The lowest BCUT2D eigenvalue weighted by atomic mass is 10.2. The van der Waals surface area contributed by atoms with Crippen LogP contribution in [-0.4, -0.2) is 63.4 Å². The number of aromatic nitrogens is 3. The largest absolute Gasteiger partial charge is 0.418 e. The summed E-state index contributed by atoms with van der Waals surface area (Å²) in [5.41, 5.74) is 3.07. The van der Waals surface area contributed by atoms with Crippen LogP contribution in [0.3, 0.4) is 0 Å². The molecule has 3 aliphatic rings. The molecule has 2 aliphatic heterocycles. The lowest BCUT2D eigenvalue weighted by Gasteiger charge is -2.22. The van der Waals surface area contributed by atoms with Crippen molar-refractivity contribution in [3.63, 3.8) is 0 Å². The number of para-hydroxylation sites is 1. The predicted molar refractivity (Wildman–Crippen MR) is 139 cm³/mol. The van der Waals surface area contributed by atoms with Crippen LogP contribution in [-0.2, 0) is 28.5 Å². The van der Waals surface area contributed by atoms with Crippen molar-refractivity contribution in [3.8, 4) is 0 Å². The molecule has 4 heterocycles. The van der Waals surface area contributed by atoms with E-state index in [1.165, 1.54) is 23.3 Å². The molecule has 0 spiro atoms. The van der Waals surface area contributed by atoms with Crippen LogP contribution in [0.4, 0.5) is 13.2 Å². The number of hydrogen-bond donors (Lipinski definition) is 2. The summed E-state index contributed by atoms with van der Waals surface area (Å²) in [6.07, 6.45) is 4.04. The Morgan fingerprint density at radius 2 is 2.16 bits per heavy atom. The molecule has 3 atom stereocenters. The second-order valence-electron chi connectivity index (χ2n) is 10.0. The van der Waals surface area contributed by atoms with Crippen molar-refractivity contribution >= 4 is 28.7 Å². The number of hydrogen-bond acceptors (Lipinski definition) is 6. The van der Waals surface area contributed by atoms with Gasteiger partial charge in [0.15, 0.2) is 0 Å². The van der Waals surface area contributed by atoms with Gasteiger partial charge in [0.2, 0.25) is 5.91 Å². The van der Waals surface area contributed by atoms with Gasteiger partial charge in [-0.15, -0.1) is 11.8 Å². The summed E-state index contributed by atoms with van der Waals surface area (Å²) in [5, 5.41) is 3.49. The molecule has 3 aromatic rings. The Morgan fingerprint density at radius 3 is 2.97 bits per heavy atom. The number of halogens is 3. The topological polar surface area (TPSA) is 83.1 Å². The highest BCUT2D eigenvalue weighted by Gasteiger charge is 2.37. The van der Waals surface area contributed by atoms with Crippen molar-refractivity contribution in [2.24, 2.45) is 0 Å². The van der Waals surface area contributed by atoms with Crippen molar-refractivity contribution in [1.29, 1.82) is 0 Å². The van der Waals surface area contributed by atoms with E-state index in [1.54, 1.807) is 6.20 Å². The minimum Gasteiger partial charge on any atom is -0.380 e. The van der Waals surface area contributed by atoms with Gasteiger partial charge in [-0.05, 0) is 54.2 Å². The monoisotopic (exact) mass is 543 g/mol. The number of amides is 1. The van der Waals surface area contributed by atoms with E-state index in [4.69, 9.17) is 4.74 Å². The van der Waals surface area contributed by atoms with E-state index in [9.17, 15) is 18.0 Å². The van der Waals surface area contributed by atoms with Crippen molar-refractivity contribution in [3.05, 3.63) is 70.9 Å². The lowest BCUT2D eigenvalue weighted by Crippen LogP contribution is -2.34. The Labute approximate surface area is 222 Å². The number of carbonyl (C=O) groups excluding carboxylic acids is 1. The Bertz CT molecular complexity index is 1370. The fourth-order valence-electron chi connectivity index (χ4n) is 5.60. The number of imidazole rings is 1. The molecule has 1 aliphatic carbocycles. The molecule has 2 fully saturated rings. The molecule has 11 heteroatoms. The first-order valence-electron chi connectivity index (χ1n) is 12.8. The van der Waals surface area contributed by atoms with Crippen LogP contribution in [0.15, 0.2) is 48.4 Å². The quantitative estimate of drug-likeness (QED) is 0.479. The van der Waals surface area contributed by atoms with E-state index in [1.807, 2.05) is 24.2 Å². The molecule has 0 bridgehead atoms. The molecule has 0 saturated carbocycles. The molecule has 2 N–H and O–H groups in total. The Hall–Kier alpha value is -2.89. The van der Waals surface area contributed by atoms with Crippen molar-refractivity contribution < 1.29 is 22.7 Å². The number of rotatable bonds is 6. The number of nitrogens with one attached hydrogen (secondary N) is 2. The summed E-state index contributed by atoms with van der Waals surface area (Å²) in [6.45, 7) is 3.13. The van der Waals surface area contributed by atoms with Crippen LogP contribution >= 0.6 is 11.8 Å². The summed E-state index contributed by atoms with van der Waals surface area (Å²) in [6, 6.07) is 6.34. The SMILES string of the molecule is O=C(Cc1nc2c(C(F)(F)F)cccc2[nH]1)N/C=C1\CN(C2CCOC2)C[C@@H]1SC1CCc2cnccc21. The molecular formula is C27H28F3N5O2S. The van der Waals surface area contributed by atoms with E-state index in [-0.39, 0.29) is 34.4 Å². The van der Waals surface area contributed by atoms with Crippen LogP contribution < -0.4 is 5.32 Å². The van der Waals surface area contributed by atoms with Crippen LogP contribution in [0.25, 0.3) is 11.0 Å². The number of ether oxygens (including phenoxy) is 1. The molecule has 1 aromatic carbocycles. The maximum atomic E-state index is 13.3. The van der Waals surface area contributed by atoms with E-state index in [0.29, 0.717) is 11.3 Å². The van der Waals surface area contributed by atoms with E-state index >= 15 is 0 Å². The summed E-state index contributed by atoms with van der Waals surface area (Å²) < 4.78 is 45.6. The zero-order chi connectivity index (χ0) is 26.3. The van der Waals surface area contributed by atoms with Crippen molar-refractivity contribution in [2.45, 2.75) is 48.4 Å². The second-order valence-corrected chi connectivity index (χ2v) is 11.4. The smallest absolute Gasteiger partial charge is 0.380 e. The number of aryl methyl sites for hydroxylation is 1. The van der Waals surface area contributed by atoms with Crippen molar-refractivity contribution in [1.82, 2.24) is 25.2 Å². The number of benzene rings is 1. The molecule has 6 rings (SSSR count). The van der Waals surface area contributed by atoms with E-state index in [2.05, 4.69) is 31.2 Å². The molecule has 2 saturated heterocycles. The van der Waals surface area contributed by atoms with Crippen molar-refractivity contribution in [2.75, 3.05) is 26.3 Å². The molecule has 1 amide bonds. The minimum atomic E-state index is -4.51. The zero-order valence-electron chi connectivity index (χ0n) is 20.6. The first-order chi connectivity index (χ1) is 18.3. The third-order valence-electron chi connectivity index (χ3n) is 7.53. The van der Waals surface area contributed by atoms with Crippen LogP contribution in [0, 0.1) is 0 Å². The first-order valence-corrected chi connectivity index (χ1v) is 13.7. The number of H-pyrrole nitrogens is 1. The van der Waals surface area contributed by atoms with Gasteiger partial charge in [-0.1, -0.05) is 6.07 Å². The Morgan fingerprint density at radius 1 is 1.26 bits per heavy atom. The highest BCUT2D eigenvalue weighted by molar-refractivity contribution is 8.00. The maximum absolute atomic E-state index is 13.3. The predicted octanol–water partition coefficient (Wildman–Crippen LogP) is 4.41. The van der Waals surface area contributed by atoms with Gasteiger partial charge in [0.1, 0.15) is 11.3 Å². The maximum Gasteiger partial charge on any atom is 0.418 e. The van der Waals surface area contributed by atoms with Gasteiger partial charge in [0.25, 0.3) is 0 Å². The number of pyridine rings is 1. The number of alkyl halides is 3. The summed E-state index contributed by atoms with van der Waals surface area (Å²) in [4.78, 5) is 26.4. The highest BCUT2D eigenvalue weighted by Crippen LogP contribution is 2.46. The molecule has 7 nitrogen and oxygen atoms in total. The number of likely N-dealkylation sites (tertiary alicyclic amines) is 1. The number of nitrogens with zero attached hydrogens (tertiary/aromatic N) is 3. The third-order valence-corrected chi connectivity index (χ3v) is 9.13. The number of fused-ring (bicyclic) bond motifs is 2. The average molecular weight is 544 g/mol. The Kier molecular flexibility index (Phi) is 6.92. The van der Waals surface area contributed by atoms with Gasteiger partial charge >= 0.3 is 6.18 Å². The standard InChI is InChI=1S/C27H28F3N5O2S/c28-27(29,30)20-2-1-3-21-26(20)34-24(33-21)10-25(36)32-12-17-13-35(18-7-9-37-15-18)14-23(17)38-22-5-4-16-11-31-8-6-19(16)22/h1-3,6,8,11-12,18,22-23H,4-5,7,9-10,13-15H2,(H,32,36)(H,33,34)/b17-12+/t18?,22?,23-/m0/s1. The molecule has 38 heavy (non-hydrogen) atoms. The Balaban J connectivity index is 1.16. The summed E-state index contributed by atoms with van der Waals surface area (Å²) in [5.74, 6) is -0.125. The molecule has 2 aromatic heterocycles. The molecule has 0 radical (unpaired) electrons. The van der Waals surface area contributed by atoms with Gasteiger partial charge in [0.05, 0.1) is 24.1 Å². The number of aromatic amines is 1. The van der Waals surface area contributed by atoms with E-state index < -0.39 is 11.7 Å². The lowest BCUT2D eigenvalue weighted by molar-refractivity contribution is -0.136. The normalized spacial score (nSPS) is 24.9. The van der Waals surface area contributed by atoms with E-state index in [0.717, 1.165) is 57.2 Å². The van der Waals surface area contributed by atoms with Gasteiger partial charge in [0, 0.05) is 54.8 Å². The fraction of sp³-hybridized carbons (Fsp3) is 0.444. The zero-order valence-corrected chi connectivity index (χ0v) is 21.4. The fourth-order valence-corrected chi connectivity index (χ4v) is 7.22. The molecule has 2 unspecified atom stereocenters. The van der Waals surface area contributed by atoms with Crippen LogP contribution in [0.1, 0.15) is 40.6 Å². The van der Waals surface area contributed by atoms with Crippen LogP contribution in [0.2, 0.25) is 0 Å². The van der Waals surface area contributed by atoms with Gasteiger partial charge in [-0.2, -0.15) is 13.2 Å². The average Bonchev–Trinajstić information content (AvgIpc) is 3.68. The highest BCUT2D eigenvalue weighted by atomic mass is 32.2. The summed E-state index contributed by atoms with van der Waals surface area (Å²) in [7, 11) is 0.